The van der Waals surface area contributed by atoms with Crippen molar-refractivity contribution in [2.45, 2.75) is 26.7 Å². The van der Waals surface area contributed by atoms with Crippen LogP contribution in [-0.4, -0.2) is 10.8 Å². The smallest absolute Gasteiger partial charge is 0.181 e. The molecule has 2 rings (SSSR count). The zero-order chi connectivity index (χ0) is 11.0. The van der Waals surface area contributed by atoms with Gasteiger partial charge in [-0.3, -0.25) is 4.79 Å². The molecule has 1 heterocycles. The van der Waals surface area contributed by atoms with Crippen molar-refractivity contribution in [2.75, 3.05) is 0 Å². The third-order valence-corrected chi connectivity index (χ3v) is 2.49. The third-order valence-electron chi connectivity index (χ3n) is 2.49. The fourth-order valence-corrected chi connectivity index (χ4v) is 1.63. The highest BCUT2D eigenvalue weighted by atomic mass is 16.3. The second kappa shape index (κ2) is 3.50. The van der Waals surface area contributed by atoms with Gasteiger partial charge in [0.2, 0.25) is 0 Å². The monoisotopic (exact) mass is 203 g/mol. The van der Waals surface area contributed by atoms with Crippen molar-refractivity contribution in [3.05, 3.63) is 29.7 Å². The maximum atomic E-state index is 11.3. The number of carbonyl (C=O) groups excluding carboxylic acids is 1. The fraction of sp³-hybridized carbons (Fsp3) is 0.333. The number of aromatic nitrogens is 1. The molecule has 0 saturated carbocycles. The Labute approximate surface area is 88.1 Å². The Hall–Kier alpha value is -1.64. The summed E-state index contributed by atoms with van der Waals surface area (Å²) in [7, 11) is 0. The molecule has 0 fully saturated rings. The summed E-state index contributed by atoms with van der Waals surface area (Å²) in [4.78, 5) is 15.4. The molecular weight excluding hydrogens is 190 g/mol. The number of hydrogen-bond acceptors (Lipinski definition) is 3. The van der Waals surface area contributed by atoms with Gasteiger partial charge in [0.05, 0.1) is 0 Å². The van der Waals surface area contributed by atoms with Gasteiger partial charge in [0.15, 0.2) is 17.8 Å². The van der Waals surface area contributed by atoms with E-state index in [1.165, 1.54) is 6.39 Å². The van der Waals surface area contributed by atoms with Crippen LogP contribution in [0.3, 0.4) is 0 Å². The van der Waals surface area contributed by atoms with Crippen molar-refractivity contribution in [3.63, 3.8) is 0 Å². The number of benzene rings is 1. The Morgan fingerprint density at radius 2 is 2.13 bits per heavy atom. The van der Waals surface area contributed by atoms with Crippen molar-refractivity contribution < 1.29 is 9.21 Å². The van der Waals surface area contributed by atoms with Crippen LogP contribution in [0.15, 0.2) is 22.9 Å². The predicted molar refractivity (Wildman–Crippen MR) is 58.1 cm³/mol. The van der Waals surface area contributed by atoms with Crippen LogP contribution in [0.4, 0.5) is 0 Å². The zero-order valence-corrected chi connectivity index (χ0v) is 9.07. The van der Waals surface area contributed by atoms with Crippen LogP contribution < -0.4 is 0 Å². The molecular formula is C12H13NO2. The second-order valence-corrected chi connectivity index (χ2v) is 3.98. The van der Waals surface area contributed by atoms with Gasteiger partial charge < -0.3 is 4.42 Å². The number of fused-ring (bicyclic) bond motifs is 1. The van der Waals surface area contributed by atoms with Gasteiger partial charge in [-0.15, -0.1) is 0 Å². The summed E-state index contributed by atoms with van der Waals surface area (Å²) in [5, 5.41) is 0. The summed E-state index contributed by atoms with van der Waals surface area (Å²) in [6, 6.07) is 3.66. The number of oxazole rings is 1. The lowest BCUT2D eigenvalue weighted by molar-refractivity contribution is 0.101. The first kappa shape index (κ1) is 9.90. The van der Waals surface area contributed by atoms with Crippen LogP contribution >= 0.6 is 0 Å². The lowest BCUT2D eigenvalue weighted by Crippen LogP contribution is -1.96. The van der Waals surface area contributed by atoms with Crippen molar-refractivity contribution in [2.24, 2.45) is 0 Å². The summed E-state index contributed by atoms with van der Waals surface area (Å²) >= 11 is 0. The molecule has 0 saturated heterocycles. The molecule has 0 N–H and O–H groups in total. The van der Waals surface area contributed by atoms with Crippen molar-refractivity contribution in [1.82, 2.24) is 4.98 Å². The van der Waals surface area contributed by atoms with Gasteiger partial charge in [0.25, 0.3) is 0 Å². The van der Waals surface area contributed by atoms with Gasteiger partial charge in [-0.2, -0.15) is 0 Å². The number of Topliss-reactive ketones (excluding diaryl/α,β-unsaturated/α-hetero) is 1. The van der Waals surface area contributed by atoms with Crippen LogP contribution in [0.2, 0.25) is 0 Å². The minimum atomic E-state index is 0.0572. The van der Waals surface area contributed by atoms with Gasteiger partial charge >= 0.3 is 0 Å². The van der Waals surface area contributed by atoms with E-state index in [1.807, 2.05) is 6.07 Å². The van der Waals surface area contributed by atoms with Gasteiger partial charge in [-0.05, 0) is 25.0 Å². The van der Waals surface area contributed by atoms with Gasteiger partial charge in [0, 0.05) is 11.1 Å². The van der Waals surface area contributed by atoms with Crippen molar-refractivity contribution in [3.8, 4) is 0 Å². The van der Waals surface area contributed by atoms with E-state index in [1.54, 1.807) is 13.0 Å². The molecule has 2 aromatic rings. The van der Waals surface area contributed by atoms with Crippen LogP contribution in [-0.2, 0) is 0 Å². The highest BCUT2D eigenvalue weighted by molar-refractivity contribution is 5.97. The molecule has 0 unspecified atom stereocenters. The standard InChI is InChI=1S/C12H13NO2/c1-7(2)10-4-9(8(3)14)5-11-12(10)15-6-13-11/h4-7H,1-3H3. The molecule has 78 valence electrons. The summed E-state index contributed by atoms with van der Waals surface area (Å²) in [5.41, 5.74) is 3.27. The maximum absolute atomic E-state index is 11.3. The molecule has 15 heavy (non-hydrogen) atoms. The van der Waals surface area contributed by atoms with E-state index in [0.29, 0.717) is 11.5 Å². The predicted octanol–water partition coefficient (Wildman–Crippen LogP) is 3.15. The minimum Gasteiger partial charge on any atom is -0.443 e. The Kier molecular flexibility index (Phi) is 2.31. The third kappa shape index (κ3) is 1.65. The molecule has 1 aromatic heterocycles. The molecule has 0 aliphatic rings. The zero-order valence-electron chi connectivity index (χ0n) is 9.07. The summed E-state index contributed by atoms with van der Waals surface area (Å²) in [6.07, 6.45) is 1.42. The number of nitrogens with zero attached hydrogens (tertiary/aromatic N) is 1. The van der Waals surface area contributed by atoms with Crippen LogP contribution in [0.5, 0.6) is 0 Å². The van der Waals surface area contributed by atoms with E-state index in [-0.39, 0.29) is 5.78 Å². The maximum Gasteiger partial charge on any atom is 0.181 e. The normalized spacial score (nSPS) is 11.2. The topological polar surface area (TPSA) is 43.1 Å². The summed E-state index contributed by atoms with van der Waals surface area (Å²) in [6.45, 7) is 5.70. The molecule has 0 amide bonds. The quantitative estimate of drug-likeness (QED) is 0.704. The van der Waals surface area contributed by atoms with Crippen molar-refractivity contribution >= 4 is 16.9 Å². The fourth-order valence-electron chi connectivity index (χ4n) is 1.63. The largest absolute Gasteiger partial charge is 0.443 e. The van der Waals surface area contributed by atoms with E-state index in [0.717, 1.165) is 16.7 Å². The molecule has 0 radical (unpaired) electrons. The molecule has 0 atom stereocenters. The Bertz CT molecular complexity index is 511. The SMILES string of the molecule is CC(=O)c1cc(C(C)C)c2ocnc2c1. The first-order valence-corrected chi connectivity index (χ1v) is 4.97. The Morgan fingerprint density at radius 3 is 2.73 bits per heavy atom. The molecule has 3 nitrogen and oxygen atoms in total. The lowest BCUT2D eigenvalue weighted by atomic mass is 9.98. The van der Waals surface area contributed by atoms with Gasteiger partial charge in [0.1, 0.15) is 5.52 Å². The highest BCUT2D eigenvalue weighted by Gasteiger charge is 2.12. The summed E-state index contributed by atoms with van der Waals surface area (Å²) in [5.74, 6) is 0.376. The van der Waals surface area contributed by atoms with E-state index >= 15 is 0 Å². The Balaban J connectivity index is 2.74. The second-order valence-electron chi connectivity index (χ2n) is 3.98. The van der Waals surface area contributed by atoms with E-state index < -0.39 is 0 Å². The average molecular weight is 203 g/mol. The molecule has 3 heteroatoms. The van der Waals surface area contributed by atoms with E-state index in [4.69, 9.17) is 4.42 Å². The van der Waals surface area contributed by atoms with Crippen LogP contribution in [0.1, 0.15) is 42.6 Å². The molecule has 0 aliphatic heterocycles. The van der Waals surface area contributed by atoms with E-state index in [2.05, 4.69) is 18.8 Å². The molecule has 1 aromatic carbocycles. The molecule has 0 aliphatic carbocycles. The highest BCUT2D eigenvalue weighted by Crippen LogP contribution is 2.26. The van der Waals surface area contributed by atoms with Crippen molar-refractivity contribution in [1.29, 1.82) is 0 Å². The minimum absolute atomic E-state index is 0.0572. The molecule has 0 spiro atoms. The van der Waals surface area contributed by atoms with Gasteiger partial charge in [-0.25, -0.2) is 4.98 Å². The first-order valence-electron chi connectivity index (χ1n) is 4.97. The number of hydrogen-bond donors (Lipinski definition) is 0. The number of ketones is 1. The van der Waals surface area contributed by atoms with E-state index in [9.17, 15) is 4.79 Å². The molecule has 0 bridgehead atoms. The Morgan fingerprint density at radius 1 is 1.40 bits per heavy atom. The first-order chi connectivity index (χ1) is 7.09. The van der Waals surface area contributed by atoms with Crippen LogP contribution in [0, 0.1) is 0 Å². The summed E-state index contributed by atoms with van der Waals surface area (Å²) < 4.78 is 5.32. The van der Waals surface area contributed by atoms with Crippen LogP contribution in [0.25, 0.3) is 11.1 Å². The van der Waals surface area contributed by atoms with Gasteiger partial charge in [-0.1, -0.05) is 13.8 Å². The number of carbonyl (C=O) groups is 1. The lowest BCUT2D eigenvalue weighted by Gasteiger charge is -2.07. The average Bonchev–Trinajstić information content (AvgIpc) is 2.62. The number of rotatable bonds is 2.